The normalized spacial score (nSPS) is 23.1. The van der Waals surface area contributed by atoms with Crippen LogP contribution in [0.15, 0.2) is 18.2 Å². The molecule has 1 aromatic carbocycles. The van der Waals surface area contributed by atoms with Crippen molar-refractivity contribution >= 4 is 11.8 Å². The Morgan fingerprint density at radius 2 is 2.00 bits per heavy atom. The summed E-state index contributed by atoms with van der Waals surface area (Å²) >= 11 is 0. The first kappa shape index (κ1) is 16.9. The predicted octanol–water partition coefficient (Wildman–Crippen LogP) is 1.89. The van der Waals surface area contributed by atoms with Crippen LogP contribution in [0.2, 0.25) is 0 Å². The molecule has 2 unspecified atom stereocenters. The van der Waals surface area contributed by atoms with Crippen molar-refractivity contribution in [2.75, 3.05) is 6.54 Å². The molecule has 1 aliphatic carbocycles. The number of nitriles is 1. The number of nitrogens with zero attached hydrogens (tertiary/aromatic N) is 1. The largest absolute Gasteiger partial charge is 0.343 e. The number of hydrogen-bond acceptors (Lipinski definition) is 3. The third kappa shape index (κ3) is 3.83. The molecule has 1 saturated carbocycles. The van der Waals surface area contributed by atoms with Gasteiger partial charge in [-0.25, -0.2) is 8.78 Å². The summed E-state index contributed by atoms with van der Waals surface area (Å²) in [5.41, 5.74) is -1.12. The molecule has 7 heteroatoms. The third-order valence-corrected chi connectivity index (χ3v) is 4.15. The molecule has 23 heavy (non-hydrogen) atoms. The van der Waals surface area contributed by atoms with Crippen molar-refractivity contribution in [3.8, 4) is 6.07 Å². The zero-order chi connectivity index (χ0) is 17.0. The van der Waals surface area contributed by atoms with E-state index >= 15 is 0 Å². The fourth-order valence-corrected chi connectivity index (χ4v) is 2.80. The number of amides is 2. The average Bonchev–Trinajstić information content (AvgIpc) is 2.85. The van der Waals surface area contributed by atoms with E-state index in [1.807, 2.05) is 6.92 Å². The molecule has 2 atom stereocenters. The van der Waals surface area contributed by atoms with Crippen molar-refractivity contribution in [1.82, 2.24) is 10.6 Å². The van der Waals surface area contributed by atoms with Crippen molar-refractivity contribution in [1.29, 1.82) is 5.26 Å². The molecule has 0 aromatic heterocycles. The number of benzene rings is 1. The summed E-state index contributed by atoms with van der Waals surface area (Å²) in [5, 5.41) is 14.3. The summed E-state index contributed by atoms with van der Waals surface area (Å²) < 4.78 is 26.1. The van der Waals surface area contributed by atoms with Gasteiger partial charge in [0.2, 0.25) is 5.91 Å². The van der Waals surface area contributed by atoms with Gasteiger partial charge in [-0.05, 0) is 37.3 Å². The van der Waals surface area contributed by atoms with Gasteiger partial charge in [-0.15, -0.1) is 0 Å². The molecule has 0 radical (unpaired) electrons. The molecule has 0 heterocycles. The van der Waals surface area contributed by atoms with Gasteiger partial charge < -0.3 is 10.6 Å². The quantitative estimate of drug-likeness (QED) is 0.888. The van der Waals surface area contributed by atoms with Crippen LogP contribution < -0.4 is 10.6 Å². The van der Waals surface area contributed by atoms with Gasteiger partial charge in [-0.1, -0.05) is 6.92 Å². The highest BCUT2D eigenvalue weighted by Crippen LogP contribution is 2.34. The van der Waals surface area contributed by atoms with Crippen molar-refractivity contribution in [2.24, 2.45) is 5.92 Å². The Kier molecular flexibility index (Phi) is 4.94. The Morgan fingerprint density at radius 3 is 2.52 bits per heavy atom. The van der Waals surface area contributed by atoms with Crippen LogP contribution in [0.5, 0.6) is 0 Å². The van der Waals surface area contributed by atoms with Crippen molar-refractivity contribution in [3.63, 3.8) is 0 Å². The zero-order valence-corrected chi connectivity index (χ0v) is 12.7. The van der Waals surface area contributed by atoms with Gasteiger partial charge in [0.05, 0.1) is 12.6 Å². The van der Waals surface area contributed by atoms with Crippen LogP contribution in [0.4, 0.5) is 8.78 Å². The first-order chi connectivity index (χ1) is 10.9. The Bertz CT molecular complexity index is 652. The van der Waals surface area contributed by atoms with Crippen LogP contribution in [-0.4, -0.2) is 23.9 Å². The molecular formula is C16H17F2N3O2. The molecule has 5 nitrogen and oxygen atoms in total. The number of halogens is 2. The van der Waals surface area contributed by atoms with E-state index in [0.29, 0.717) is 12.5 Å². The van der Waals surface area contributed by atoms with Gasteiger partial charge in [0, 0.05) is 11.6 Å². The van der Waals surface area contributed by atoms with E-state index < -0.39 is 29.0 Å². The van der Waals surface area contributed by atoms with Crippen LogP contribution in [0, 0.1) is 28.9 Å². The van der Waals surface area contributed by atoms with E-state index in [-0.39, 0.29) is 18.0 Å². The maximum atomic E-state index is 13.1. The molecule has 2 amide bonds. The molecule has 1 aromatic rings. The first-order valence-electron chi connectivity index (χ1n) is 7.33. The summed E-state index contributed by atoms with van der Waals surface area (Å²) in [6, 6.07) is 4.57. The smallest absolute Gasteiger partial charge is 0.251 e. The standard InChI is InChI=1S/C16H17F2N3O2/c1-10-3-2-4-16(10,9-19)21-14(22)8-20-15(23)11-5-12(17)7-13(18)6-11/h5-7,10H,2-4,8H2,1H3,(H,20,23)(H,21,22). The summed E-state index contributed by atoms with van der Waals surface area (Å²) in [5.74, 6) is -2.98. The Hall–Kier alpha value is -2.49. The number of carbonyl (C=O) groups is 2. The van der Waals surface area contributed by atoms with Gasteiger partial charge in [0.1, 0.15) is 17.2 Å². The van der Waals surface area contributed by atoms with E-state index in [4.69, 9.17) is 0 Å². The molecule has 0 bridgehead atoms. The highest BCUT2D eigenvalue weighted by atomic mass is 19.1. The van der Waals surface area contributed by atoms with Crippen LogP contribution >= 0.6 is 0 Å². The molecule has 122 valence electrons. The van der Waals surface area contributed by atoms with E-state index in [9.17, 15) is 23.6 Å². The van der Waals surface area contributed by atoms with Gasteiger partial charge in [0.15, 0.2) is 0 Å². The molecule has 2 rings (SSSR count). The fourth-order valence-electron chi connectivity index (χ4n) is 2.80. The van der Waals surface area contributed by atoms with E-state index in [1.54, 1.807) is 0 Å². The minimum absolute atomic E-state index is 0.0319. The lowest BCUT2D eigenvalue weighted by Gasteiger charge is -2.27. The van der Waals surface area contributed by atoms with Crippen molar-refractivity contribution in [2.45, 2.75) is 31.7 Å². The van der Waals surface area contributed by atoms with E-state index in [2.05, 4.69) is 16.7 Å². The predicted molar refractivity (Wildman–Crippen MR) is 78.2 cm³/mol. The summed E-state index contributed by atoms with van der Waals surface area (Å²) in [7, 11) is 0. The highest BCUT2D eigenvalue weighted by Gasteiger charge is 2.41. The van der Waals surface area contributed by atoms with Gasteiger partial charge in [-0.3, -0.25) is 9.59 Å². The van der Waals surface area contributed by atoms with Gasteiger partial charge >= 0.3 is 0 Å². The molecule has 0 saturated heterocycles. The zero-order valence-electron chi connectivity index (χ0n) is 12.7. The minimum atomic E-state index is -0.910. The summed E-state index contributed by atoms with van der Waals surface area (Å²) in [6.07, 6.45) is 2.27. The van der Waals surface area contributed by atoms with E-state index in [1.165, 1.54) is 0 Å². The second-order valence-corrected chi connectivity index (χ2v) is 5.77. The molecular weight excluding hydrogens is 304 g/mol. The van der Waals surface area contributed by atoms with Gasteiger partial charge in [0.25, 0.3) is 5.91 Å². The monoisotopic (exact) mass is 321 g/mol. The third-order valence-electron chi connectivity index (χ3n) is 4.15. The second-order valence-electron chi connectivity index (χ2n) is 5.77. The Morgan fingerprint density at radius 1 is 1.35 bits per heavy atom. The topological polar surface area (TPSA) is 82.0 Å². The lowest BCUT2D eigenvalue weighted by molar-refractivity contribution is -0.121. The van der Waals surface area contributed by atoms with E-state index in [0.717, 1.165) is 25.0 Å². The second kappa shape index (κ2) is 6.73. The maximum Gasteiger partial charge on any atom is 0.251 e. The molecule has 1 aliphatic rings. The van der Waals surface area contributed by atoms with Crippen LogP contribution in [0.3, 0.4) is 0 Å². The minimum Gasteiger partial charge on any atom is -0.343 e. The summed E-state index contributed by atoms with van der Waals surface area (Å²) in [6.45, 7) is 1.53. The molecule has 1 fully saturated rings. The SMILES string of the molecule is CC1CCCC1(C#N)NC(=O)CNC(=O)c1cc(F)cc(F)c1. The molecule has 2 N–H and O–H groups in total. The lowest BCUT2D eigenvalue weighted by atomic mass is 9.90. The highest BCUT2D eigenvalue weighted by molar-refractivity contribution is 5.96. The van der Waals surface area contributed by atoms with Gasteiger partial charge in [-0.2, -0.15) is 5.26 Å². The fraction of sp³-hybridized carbons (Fsp3) is 0.438. The first-order valence-corrected chi connectivity index (χ1v) is 7.33. The Balaban J connectivity index is 1.94. The Labute approximate surface area is 132 Å². The number of rotatable bonds is 4. The average molecular weight is 321 g/mol. The lowest BCUT2D eigenvalue weighted by Crippen LogP contribution is -2.52. The van der Waals surface area contributed by atoms with Crippen LogP contribution in [-0.2, 0) is 4.79 Å². The van der Waals surface area contributed by atoms with Crippen molar-refractivity contribution in [3.05, 3.63) is 35.4 Å². The molecule has 0 spiro atoms. The van der Waals surface area contributed by atoms with Crippen LogP contribution in [0.1, 0.15) is 36.5 Å². The van der Waals surface area contributed by atoms with Crippen molar-refractivity contribution < 1.29 is 18.4 Å². The molecule has 0 aliphatic heterocycles. The number of hydrogen-bond donors (Lipinski definition) is 2. The number of nitrogens with one attached hydrogen (secondary N) is 2. The summed E-state index contributed by atoms with van der Waals surface area (Å²) in [4.78, 5) is 23.8. The maximum absolute atomic E-state index is 13.1. The van der Waals surface area contributed by atoms with Crippen LogP contribution in [0.25, 0.3) is 0 Å². The number of carbonyl (C=O) groups excluding carboxylic acids is 2.